The molecule has 148 valence electrons. The van der Waals surface area contributed by atoms with E-state index in [-0.39, 0.29) is 24.3 Å². The Hall–Kier alpha value is -2.89. The number of carbonyl (C=O) groups is 2. The molecule has 1 fully saturated rings. The fourth-order valence-electron chi connectivity index (χ4n) is 3.54. The van der Waals surface area contributed by atoms with Gasteiger partial charge in [0.15, 0.2) is 0 Å². The van der Waals surface area contributed by atoms with Crippen molar-refractivity contribution in [3.05, 3.63) is 53.3 Å². The second kappa shape index (κ2) is 8.87. The molecule has 6 nitrogen and oxygen atoms in total. The number of amides is 2. The zero-order valence-electron chi connectivity index (χ0n) is 16.8. The Morgan fingerprint density at radius 2 is 1.89 bits per heavy atom. The predicted octanol–water partition coefficient (Wildman–Crippen LogP) is 3.28. The first-order chi connectivity index (χ1) is 13.4. The molecule has 0 aliphatic carbocycles. The quantitative estimate of drug-likeness (QED) is 0.835. The molecule has 0 saturated carbocycles. The van der Waals surface area contributed by atoms with Crippen molar-refractivity contribution in [2.45, 2.75) is 39.5 Å². The van der Waals surface area contributed by atoms with Crippen LogP contribution in [-0.2, 0) is 9.59 Å². The summed E-state index contributed by atoms with van der Waals surface area (Å²) in [6.07, 6.45) is 1.94. The minimum atomic E-state index is -0.186. The lowest BCUT2D eigenvalue weighted by Gasteiger charge is -2.33. The predicted molar refractivity (Wildman–Crippen MR) is 111 cm³/mol. The molecular weight excluding hydrogens is 352 g/mol. The number of nitrogens with one attached hydrogen (secondary N) is 2. The molecule has 1 aromatic carbocycles. The lowest BCUT2D eigenvalue weighted by atomic mass is 9.93. The van der Waals surface area contributed by atoms with Gasteiger partial charge in [0.25, 0.3) is 0 Å². The van der Waals surface area contributed by atoms with Gasteiger partial charge in [-0.05, 0) is 51.0 Å². The van der Waals surface area contributed by atoms with Crippen molar-refractivity contribution in [1.29, 1.82) is 0 Å². The van der Waals surface area contributed by atoms with Crippen LogP contribution in [0.3, 0.4) is 0 Å². The van der Waals surface area contributed by atoms with Gasteiger partial charge in [0.2, 0.25) is 11.8 Å². The summed E-state index contributed by atoms with van der Waals surface area (Å²) in [7, 11) is 0. The van der Waals surface area contributed by atoms with Gasteiger partial charge in [-0.25, -0.2) is 0 Å². The molecule has 2 amide bonds. The number of aryl methyl sites for hydroxylation is 2. The van der Waals surface area contributed by atoms with Gasteiger partial charge in [-0.1, -0.05) is 17.7 Å². The van der Waals surface area contributed by atoms with E-state index in [4.69, 9.17) is 4.98 Å². The molecule has 2 aromatic rings. The van der Waals surface area contributed by atoms with E-state index in [0.29, 0.717) is 6.54 Å². The number of nitrogens with zero attached hydrogens (tertiary/aromatic N) is 2. The lowest BCUT2D eigenvalue weighted by molar-refractivity contribution is -0.133. The molecule has 1 aliphatic rings. The number of anilines is 2. The minimum absolute atomic E-state index is 0.0365. The summed E-state index contributed by atoms with van der Waals surface area (Å²) in [6.45, 7) is 6.91. The Kier molecular flexibility index (Phi) is 6.29. The van der Waals surface area contributed by atoms with Gasteiger partial charge in [0.1, 0.15) is 0 Å². The Balaban J connectivity index is 1.71. The zero-order valence-corrected chi connectivity index (χ0v) is 16.8. The fraction of sp³-hybridized carbons (Fsp3) is 0.409. The van der Waals surface area contributed by atoms with E-state index in [9.17, 15) is 9.59 Å². The van der Waals surface area contributed by atoms with E-state index in [1.165, 1.54) is 12.5 Å². The molecule has 0 bridgehead atoms. The molecule has 1 aromatic heterocycles. The van der Waals surface area contributed by atoms with Gasteiger partial charge in [-0.2, -0.15) is 0 Å². The third-order valence-corrected chi connectivity index (χ3v) is 4.99. The fourth-order valence-corrected chi connectivity index (χ4v) is 3.54. The summed E-state index contributed by atoms with van der Waals surface area (Å²) >= 11 is 0. The monoisotopic (exact) mass is 380 g/mol. The largest absolute Gasteiger partial charge is 0.355 e. The topological polar surface area (TPSA) is 74.3 Å². The van der Waals surface area contributed by atoms with Crippen LogP contribution in [0.2, 0.25) is 0 Å². The normalized spacial score (nSPS) is 16.5. The number of rotatable bonds is 5. The number of pyridine rings is 1. The molecule has 2 N–H and O–H groups in total. The first-order valence-corrected chi connectivity index (χ1v) is 9.75. The third kappa shape index (κ3) is 5.31. The van der Waals surface area contributed by atoms with E-state index in [0.717, 1.165) is 42.1 Å². The molecule has 28 heavy (non-hydrogen) atoms. The third-order valence-electron chi connectivity index (χ3n) is 4.99. The number of aromatic nitrogens is 1. The lowest BCUT2D eigenvalue weighted by Crippen LogP contribution is -2.44. The highest BCUT2D eigenvalue weighted by atomic mass is 16.2. The number of piperidine rings is 1. The average molecular weight is 380 g/mol. The summed E-state index contributed by atoms with van der Waals surface area (Å²) in [4.78, 5) is 30.0. The van der Waals surface area contributed by atoms with Crippen molar-refractivity contribution in [3.63, 3.8) is 0 Å². The molecule has 6 heteroatoms. The van der Waals surface area contributed by atoms with E-state index >= 15 is 0 Å². The van der Waals surface area contributed by atoms with Gasteiger partial charge in [-0.3, -0.25) is 14.6 Å². The molecule has 0 spiro atoms. The molecule has 0 unspecified atom stereocenters. The standard InChI is InChI=1S/C22H28N4O2/c1-15-6-8-19(9-7-15)25-20-11-16(2)24-21(12-20)18-5-4-10-26(14-18)22(28)13-23-17(3)27/h6-9,11-12,18H,4-5,10,13-14H2,1-3H3,(H,23,27)(H,24,25)/t18-/m0/s1. The molecule has 0 radical (unpaired) electrons. The maximum Gasteiger partial charge on any atom is 0.241 e. The van der Waals surface area contributed by atoms with Crippen LogP contribution in [0.4, 0.5) is 11.4 Å². The maximum absolute atomic E-state index is 12.4. The van der Waals surface area contributed by atoms with E-state index in [1.807, 2.05) is 17.9 Å². The number of hydrogen-bond donors (Lipinski definition) is 2. The van der Waals surface area contributed by atoms with E-state index < -0.39 is 0 Å². The summed E-state index contributed by atoms with van der Waals surface area (Å²) in [5.41, 5.74) is 5.23. The summed E-state index contributed by atoms with van der Waals surface area (Å²) in [5.74, 6) is -0.0202. The van der Waals surface area contributed by atoms with Crippen LogP contribution in [0.1, 0.15) is 42.6 Å². The number of benzene rings is 1. The zero-order chi connectivity index (χ0) is 20.1. The molecular formula is C22H28N4O2. The Morgan fingerprint density at radius 3 is 2.61 bits per heavy atom. The first-order valence-electron chi connectivity index (χ1n) is 9.75. The van der Waals surface area contributed by atoms with Gasteiger partial charge >= 0.3 is 0 Å². The van der Waals surface area contributed by atoms with Crippen molar-refractivity contribution >= 4 is 23.2 Å². The van der Waals surface area contributed by atoms with Gasteiger partial charge < -0.3 is 15.5 Å². The van der Waals surface area contributed by atoms with Crippen LogP contribution in [0.5, 0.6) is 0 Å². The van der Waals surface area contributed by atoms with Crippen LogP contribution >= 0.6 is 0 Å². The Morgan fingerprint density at radius 1 is 1.14 bits per heavy atom. The highest BCUT2D eigenvalue weighted by Crippen LogP contribution is 2.29. The smallest absolute Gasteiger partial charge is 0.241 e. The first kappa shape index (κ1) is 19.9. The van der Waals surface area contributed by atoms with E-state index in [2.05, 4.69) is 47.9 Å². The van der Waals surface area contributed by atoms with Crippen molar-refractivity contribution in [2.24, 2.45) is 0 Å². The van der Waals surface area contributed by atoms with Crippen LogP contribution in [0.15, 0.2) is 36.4 Å². The summed E-state index contributed by atoms with van der Waals surface area (Å²) < 4.78 is 0. The van der Waals surface area contributed by atoms with Crippen molar-refractivity contribution < 1.29 is 9.59 Å². The van der Waals surface area contributed by atoms with Crippen molar-refractivity contribution in [1.82, 2.24) is 15.2 Å². The summed E-state index contributed by atoms with van der Waals surface area (Å²) in [5, 5.41) is 6.04. The SMILES string of the molecule is CC(=O)NCC(=O)N1CCC[C@H](c2cc(Nc3ccc(C)cc3)cc(C)n2)C1. The van der Waals surface area contributed by atoms with Gasteiger partial charge in [0, 0.05) is 48.7 Å². The molecule has 1 saturated heterocycles. The average Bonchev–Trinajstić information content (AvgIpc) is 2.67. The van der Waals surface area contributed by atoms with Crippen LogP contribution < -0.4 is 10.6 Å². The van der Waals surface area contributed by atoms with E-state index in [1.54, 1.807) is 0 Å². The second-order valence-corrected chi connectivity index (χ2v) is 7.50. The van der Waals surface area contributed by atoms with Crippen molar-refractivity contribution in [2.75, 3.05) is 25.0 Å². The molecule has 1 atom stereocenters. The maximum atomic E-state index is 12.4. The Bertz CT molecular complexity index is 848. The highest BCUT2D eigenvalue weighted by Gasteiger charge is 2.26. The molecule has 2 heterocycles. The van der Waals surface area contributed by atoms with Crippen LogP contribution in [-0.4, -0.2) is 41.3 Å². The number of hydrogen-bond acceptors (Lipinski definition) is 4. The minimum Gasteiger partial charge on any atom is -0.355 e. The molecule has 3 rings (SSSR count). The van der Waals surface area contributed by atoms with Crippen LogP contribution in [0, 0.1) is 13.8 Å². The summed E-state index contributed by atoms with van der Waals surface area (Å²) in [6, 6.07) is 12.4. The Labute approximate surface area is 166 Å². The second-order valence-electron chi connectivity index (χ2n) is 7.50. The van der Waals surface area contributed by atoms with Crippen LogP contribution in [0.25, 0.3) is 0 Å². The highest BCUT2D eigenvalue weighted by molar-refractivity contribution is 5.83. The molecule has 1 aliphatic heterocycles. The van der Waals surface area contributed by atoms with Crippen molar-refractivity contribution in [3.8, 4) is 0 Å². The number of likely N-dealkylation sites (tertiary alicyclic amines) is 1. The van der Waals surface area contributed by atoms with Gasteiger partial charge in [-0.15, -0.1) is 0 Å². The van der Waals surface area contributed by atoms with Gasteiger partial charge in [0.05, 0.1) is 6.54 Å². The number of carbonyl (C=O) groups excluding carboxylic acids is 2.